The second-order valence-corrected chi connectivity index (χ2v) is 5.42. The molecule has 2 aromatic heterocycles. The van der Waals surface area contributed by atoms with Crippen LogP contribution in [0.5, 0.6) is 5.75 Å². The minimum Gasteiger partial charge on any atom is -0.508 e. The number of para-hydroxylation sites is 1. The van der Waals surface area contributed by atoms with Gasteiger partial charge in [-0.05, 0) is 30.3 Å². The van der Waals surface area contributed by atoms with E-state index >= 15 is 0 Å². The van der Waals surface area contributed by atoms with Crippen LogP contribution in [0.15, 0.2) is 73.1 Å². The van der Waals surface area contributed by atoms with Crippen LogP contribution in [-0.2, 0) is 36.7 Å². The molecule has 0 spiro atoms. The molecular formula is C20H22CuN3O+. The summed E-state index contributed by atoms with van der Waals surface area (Å²) >= 11 is 0. The van der Waals surface area contributed by atoms with E-state index in [2.05, 4.69) is 14.9 Å². The van der Waals surface area contributed by atoms with Gasteiger partial charge in [-0.15, -0.1) is 0 Å². The molecule has 0 aliphatic heterocycles. The molecule has 0 atom stereocenters. The molecule has 1 aromatic carbocycles. The van der Waals surface area contributed by atoms with E-state index in [1.807, 2.05) is 54.6 Å². The molecule has 0 fully saturated rings. The van der Waals surface area contributed by atoms with E-state index in [1.54, 1.807) is 18.5 Å². The number of phenols is 1. The number of aromatic nitrogens is 2. The normalized spacial score (nSPS) is 9.96. The number of rotatable bonds is 6. The van der Waals surface area contributed by atoms with Gasteiger partial charge in [-0.1, -0.05) is 30.3 Å². The zero-order valence-corrected chi connectivity index (χ0v) is 15.1. The molecule has 25 heavy (non-hydrogen) atoms. The van der Waals surface area contributed by atoms with Crippen molar-refractivity contribution in [3.05, 3.63) is 97.4 Å². The first-order chi connectivity index (χ1) is 11.3. The van der Waals surface area contributed by atoms with Gasteiger partial charge in [0.05, 0.1) is 11.4 Å². The standard InChI is InChI=1S/C19H19N3O.CH3.Cu/c23-19-10-2-1-7-16(19)13-22(14-17-8-3-5-11-20-17)15-18-9-4-6-12-21-18;;/h1-12,23H,13-15H2;1H3;/q;-1;+2. The summed E-state index contributed by atoms with van der Waals surface area (Å²) < 4.78 is 0. The first-order valence-electron chi connectivity index (χ1n) is 7.60. The first kappa shape index (κ1) is 20.8. The van der Waals surface area contributed by atoms with Crippen LogP contribution in [0, 0.1) is 7.43 Å². The predicted octanol–water partition coefficient (Wildman–Crippen LogP) is 3.83. The summed E-state index contributed by atoms with van der Waals surface area (Å²) in [6, 6.07) is 19.3. The van der Waals surface area contributed by atoms with E-state index in [4.69, 9.17) is 0 Å². The fourth-order valence-electron chi connectivity index (χ4n) is 2.49. The van der Waals surface area contributed by atoms with Crippen LogP contribution < -0.4 is 0 Å². The van der Waals surface area contributed by atoms with Gasteiger partial charge in [0, 0.05) is 37.6 Å². The van der Waals surface area contributed by atoms with Crippen molar-refractivity contribution in [2.45, 2.75) is 19.6 Å². The average Bonchev–Trinajstić information content (AvgIpc) is 2.59. The van der Waals surface area contributed by atoms with Gasteiger partial charge in [-0.2, -0.15) is 0 Å². The maximum atomic E-state index is 10.0. The number of phenolic OH excluding ortho intramolecular Hbond substituents is 1. The summed E-state index contributed by atoms with van der Waals surface area (Å²) in [5, 5.41) is 10.0. The van der Waals surface area contributed by atoms with Crippen molar-refractivity contribution in [2.24, 2.45) is 0 Å². The Hall–Kier alpha value is -2.20. The van der Waals surface area contributed by atoms with Gasteiger partial charge in [0.25, 0.3) is 0 Å². The topological polar surface area (TPSA) is 49.2 Å². The van der Waals surface area contributed by atoms with Crippen LogP contribution in [0.4, 0.5) is 0 Å². The average molecular weight is 384 g/mol. The Kier molecular flexibility index (Phi) is 8.85. The quantitative estimate of drug-likeness (QED) is 0.519. The van der Waals surface area contributed by atoms with E-state index in [0.29, 0.717) is 25.4 Å². The molecule has 4 nitrogen and oxygen atoms in total. The first-order valence-corrected chi connectivity index (χ1v) is 7.60. The van der Waals surface area contributed by atoms with Crippen molar-refractivity contribution in [1.82, 2.24) is 14.9 Å². The van der Waals surface area contributed by atoms with Crippen LogP contribution in [-0.4, -0.2) is 20.0 Å². The Labute approximate surface area is 160 Å². The molecule has 3 aromatic rings. The molecule has 133 valence electrons. The van der Waals surface area contributed by atoms with Gasteiger partial charge < -0.3 is 12.5 Å². The smallest absolute Gasteiger partial charge is 0.508 e. The van der Waals surface area contributed by atoms with E-state index in [9.17, 15) is 5.11 Å². The van der Waals surface area contributed by atoms with Crippen molar-refractivity contribution in [1.29, 1.82) is 0 Å². The molecular weight excluding hydrogens is 362 g/mol. The third-order valence-electron chi connectivity index (χ3n) is 3.61. The summed E-state index contributed by atoms with van der Waals surface area (Å²) in [6.45, 7) is 2.04. The molecule has 5 heteroatoms. The number of hydrogen-bond acceptors (Lipinski definition) is 4. The minimum absolute atomic E-state index is 0. The van der Waals surface area contributed by atoms with E-state index in [0.717, 1.165) is 17.0 Å². The largest absolute Gasteiger partial charge is 2.00 e. The van der Waals surface area contributed by atoms with Crippen molar-refractivity contribution in [3.63, 3.8) is 0 Å². The Morgan fingerprint density at radius 3 is 1.72 bits per heavy atom. The molecule has 0 unspecified atom stereocenters. The van der Waals surface area contributed by atoms with Gasteiger partial charge in [-0.3, -0.25) is 14.9 Å². The van der Waals surface area contributed by atoms with Gasteiger partial charge >= 0.3 is 17.1 Å². The third kappa shape index (κ3) is 6.31. The SMILES string of the molecule is Oc1ccccc1CN(Cc1ccccn1)Cc1ccccn1.[CH3-].[Cu+2]. The van der Waals surface area contributed by atoms with Gasteiger partial charge in [0.15, 0.2) is 0 Å². The second-order valence-electron chi connectivity index (χ2n) is 5.42. The number of nitrogens with zero attached hydrogens (tertiary/aromatic N) is 3. The third-order valence-corrected chi connectivity index (χ3v) is 3.61. The van der Waals surface area contributed by atoms with Crippen LogP contribution >= 0.6 is 0 Å². The summed E-state index contributed by atoms with van der Waals surface area (Å²) in [5.74, 6) is 0.319. The Morgan fingerprint density at radius 1 is 0.720 bits per heavy atom. The van der Waals surface area contributed by atoms with Crippen LogP contribution in [0.25, 0.3) is 0 Å². The molecule has 0 bridgehead atoms. The maximum absolute atomic E-state index is 10.0. The molecule has 3 rings (SSSR count). The van der Waals surface area contributed by atoms with Gasteiger partial charge in [0.2, 0.25) is 0 Å². The zero-order chi connectivity index (χ0) is 15.9. The summed E-state index contributed by atoms with van der Waals surface area (Å²) in [6.07, 6.45) is 3.60. The Morgan fingerprint density at radius 2 is 1.24 bits per heavy atom. The van der Waals surface area contributed by atoms with Gasteiger partial charge in [0.1, 0.15) is 5.75 Å². The fourth-order valence-corrected chi connectivity index (χ4v) is 2.49. The monoisotopic (exact) mass is 383 g/mol. The number of hydrogen-bond donors (Lipinski definition) is 1. The Balaban J connectivity index is 0.00000156. The summed E-state index contributed by atoms with van der Waals surface area (Å²) in [7, 11) is 0. The molecule has 0 saturated heterocycles. The fraction of sp³-hybridized carbons (Fsp3) is 0.150. The van der Waals surface area contributed by atoms with Crippen molar-refractivity contribution in [3.8, 4) is 5.75 Å². The van der Waals surface area contributed by atoms with E-state index in [-0.39, 0.29) is 24.5 Å². The molecule has 0 aliphatic rings. The second kappa shape index (κ2) is 10.6. The maximum Gasteiger partial charge on any atom is 2.00 e. The van der Waals surface area contributed by atoms with Crippen molar-refractivity contribution in [2.75, 3.05) is 0 Å². The van der Waals surface area contributed by atoms with Crippen LogP contribution in [0.2, 0.25) is 0 Å². The van der Waals surface area contributed by atoms with Crippen LogP contribution in [0.3, 0.4) is 0 Å². The zero-order valence-electron chi connectivity index (χ0n) is 14.1. The molecule has 0 amide bonds. The van der Waals surface area contributed by atoms with E-state index in [1.165, 1.54) is 0 Å². The predicted molar refractivity (Wildman–Crippen MR) is 95.9 cm³/mol. The van der Waals surface area contributed by atoms with Crippen molar-refractivity contribution >= 4 is 0 Å². The number of aromatic hydroxyl groups is 1. The van der Waals surface area contributed by atoms with E-state index < -0.39 is 0 Å². The number of benzene rings is 1. The molecule has 0 aliphatic carbocycles. The summed E-state index contributed by atoms with van der Waals surface area (Å²) in [5.41, 5.74) is 2.90. The van der Waals surface area contributed by atoms with Gasteiger partial charge in [-0.25, -0.2) is 0 Å². The van der Waals surface area contributed by atoms with Crippen molar-refractivity contribution < 1.29 is 22.2 Å². The molecule has 0 saturated carbocycles. The number of pyridine rings is 2. The molecule has 2 heterocycles. The molecule has 1 N–H and O–H groups in total. The minimum atomic E-state index is 0. The van der Waals surface area contributed by atoms with Crippen LogP contribution in [0.1, 0.15) is 17.0 Å². The Bertz CT molecular complexity index is 697. The molecule has 1 radical (unpaired) electrons. The summed E-state index contributed by atoms with van der Waals surface area (Å²) in [4.78, 5) is 11.0.